The third-order valence-electron chi connectivity index (χ3n) is 15.5. The van der Waals surface area contributed by atoms with E-state index in [0.29, 0.717) is 76.4 Å². The van der Waals surface area contributed by atoms with Gasteiger partial charge in [-0.1, -0.05) is 71.1 Å². The van der Waals surface area contributed by atoms with E-state index in [1.54, 1.807) is 41.1 Å². The summed E-state index contributed by atoms with van der Waals surface area (Å²) in [5, 5.41) is 23.6. The summed E-state index contributed by atoms with van der Waals surface area (Å²) in [5.74, 6) is -8.35. The number of fused-ring (bicyclic) bond motifs is 3. The van der Waals surface area contributed by atoms with Crippen molar-refractivity contribution in [3.63, 3.8) is 0 Å². The van der Waals surface area contributed by atoms with Gasteiger partial charge in [-0.05, 0) is 114 Å². The lowest BCUT2D eigenvalue weighted by molar-refractivity contribution is -0.265. The SMILES string of the molecule is CCOCCOP(C)(=O)O[C@@H]1CC[C@@H](C[C@@H](C)C2CC(=O)[C@H](C)/C=C(\C)[C@@H](O)[C@@H](OC)C(=O)[C@H](C)C[C@H](C)/C=C/C=C/C=C(\C)[C@@H](OC)C[C@@H]3CC[C@@H](C)[C@@](O)(O3)C(=O)C(=O)N3CCCC[C@H]3C(=O)O2)C[C@H]1OC. The highest BCUT2D eigenvalue weighted by molar-refractivity contribution is 7.53. The van der Waals surface area contributed by atoms with E-state index in [1.807, 2.05) is 65.0 Å². The van der Waals surface area contributed by atoms with Crippen LogP contribution in [-0.2, 0) is 66.0 Å². The Morgan fingerprint density at radius 2 is 1.59 bits per heavy atom. The van der Waals surface area contributed by atoms with Crippen molar-refractivity contribution >= 4 is 36.8 Å². The quantitative estimate of drug-likeness (QED) is 0.0585. The van der Waals surface area contributed by atoms with Gasteiger partial charge in [0.2, 0.25) is 5.79 Å². The number of rotatable bonds is 13. The first-order valence-corrected chi connectivity index (χ1v) is 29.0. The fourth-order valence-electron chi connectivity index (χ4n) is 10.9. The Hall–Kier alpha value is -3.22. The molecule has 16 atom stereocenters. The summed E-state index contributed by atoms with van der Waals surface area (Å²) in [6, 6.07) is -1.18. The summed E-state index contributed by atoms with van der Waals surface area (Å²) >= 11 is 0. The molecule has 3 heterocycles. The van der Waals surface area contributed by atoms with Crippen molar-refractivity contribution in [2.45, 2.75) is 187 Å². The molecule has 17 nitrogen and oxygen atoms in total. The summed E-state index contributed by atoms with van der Waals surface area (Å²) in [7, 11) is 1.08. The van der Waals surface area contributed by atoms with E-state index < -0.39 is 103 Å². The minimum absolute atomic E-state index is 0.00261. The van der Waals surface area contributed by atoms with E-state index >= 15 is 0 Å². The van der Waals surface area contributed by atoms with Gasteiger partial charge in [-0.25, -0.2) is 4.79 Å². The predicted molar refractivity (Wildman–Crippen MR) is 280 cm³/mol. The first-order chi connectivity index (χ1) is 35.0. The molecule has 0 spiro atoms. The summed E-state index contributed by atoms with van der Waals surface area (Å²) in [5.41, 5.74) is 1.24. The molecule has 2 unspecified atom stereocenters. The number of ketones is 3. The Morgan fingerprint density at radius 1 is 0.865 bits per heavy atom. The van der Waals surface area contributed by atoms with Crippen LogP contribution < -0.4 is 0 Å². The van der Waals surface area contributed by atoms with Gasteiger partial charge in [0.15, 0.2) is 5.78 Å². The van der Waals surface area contributed by atoms with Crippen LogP contribution in [-0.4, -0.2) is 153 Å². The monoisotopic (exact) mass is 1060 g/mol. The number of aliphatic hydroxyl groups excluding tert-OH is 1. The smallest absolute Gasteiger partial charge is 0.329 e. The van der Waals surface area contributed by atoms with Crippen molar-refractivity contribution < 1.29 is 76.2 Å². The van der Waals surface area contributed by atoms with Crippen LogP contribution in [0.25, 0.3) is 0 Å². The number of carbonyl (C=O) groups is 5. The van der Waals surface area contributed by atoms with Gasteiger partial charge in [0.25, 0.3) is 11.7 Å². The zero-order chi connectivity index (χ0) is 54.9. The Morgan fingerprint density at radius 3 is 2.27 bits per heavy atom. The number of hydrogen-bond acceptors (Lipinski definition) is 16. The van der Waals surface area contributed by atoms with Gasteiger partial charge in [-0.15, -0.1) is 0 Å². The number of Topliss-reactive ketones (excluding diaryl/α,β-unsaturated/α-hetero) is 3. The Kier molecular flexibility index (Phi) is 25.7. The third kappa shape index (κ3) is 17.9. The van der Waals surface area contributed by atoms with Gasteiger partial charge in [-0.3, -0.25) is 23.7 Å². The molecule has 1 saturated carbocycles. The Labute approximate surface area is 441 Å². The van der Waals surface area contributed by atoms with E-state index in [0.717, 1.165) is 5.57 Å². The molecule has 1 amide bonds. The van der Waals surface area contributed by atoms with Gasteiger partial charge in [0.1, 0.15) is 30.1 Å². The highest BCUT2D eigenvalue weighted by atomic mass is 31.2. The van der Waals surface area contributed by atoms with Crippen molar-refractivity contribution in [2.75, 3.05) is 54.4 Å². The summed E-state index contributed by atoms with van der Waals surface area (Å²) in [6.07, 6.45) is 10.6. The highest BCUT2D eigenvalue weighted by Crippen LogP contribution is 2.48. The maximum absolute atomic E-state index is 14.6. The molecule has 74 heavy (non-hydrogen) atoms. The molecule has 1 aliphatic carbocycles. The predicted octanol–water partition coefficient (Wildman–Crippen LogP) is 8.08. The van der Waals surface area contributed by atoms with Crippen LogP contribution in [0.1, 0.15) is 132 Å². The largest absolute Gasteiger partial charge is 0.460 e. The number of aliphatic hydroxyl groups is 2. The summed E-state index contributed by atoms with van der Waals surface area (Å²) in [4.78, 5) is 72.6. The van der Waals surface area contributed by atoms with Crippen molar-refractivity contribution in [1.82, 2.24) is 4.90 Å². The van der Waals surface area contributed by atoms with Crippen LogP contribution in [0, 0.1) is 35.5 Å². The van der Waals surface area contributed by atoms with E-state index in [-0.39, 0.29) is 56.0 Å². The maximum Gasteiger partial charge on any atom is 0.329 e. The van der Waals surface area contributed by atoms with Crippen molar-refractivity contribution in [1.29, 1.82) is 0 Å². The molecule has 18 heteroatoms. The van der Waals surface area contributed by atoms with Crippen LogP contribution in [0.15, 0.2) is 47.6 Å². The molecule has 0 radical (unpaired) electrons. The van der Waals surface area contributed by atoms with E-state index in [9.17, 15) is 38.8 Å². The van der Waals surface area contributed by atoms with Gasteiger partial charge in [0.05, 0.1) is 37.6 Å². The van der Waals surface area contributed by atoms with Gasteiger partial charge in [-0.2, -0.15) is 0 Å². The number of piperidine rings is 1. The van der Waals surface area contributed by atoms with Crippen LogP contribution >= 0.6 is 7.60 Å². The lowest BCUT2D eigenvalue weighted by atomic mass is 9.78. The molecule has 4 rings (SSSR count). The van der Waals surface area contributed by atoms with E-state index in [2.05, 4.69) is 0 Å². The van der Waals surface area contributed by atoms with Gasteiger partial charge >= 0.3 is 13.6 Å². The lowest BCUT2D eigenvalue weighted by Crippen LogP contribution is -2.61. The number of esters is 1. The topological polar surface area (TPSA) is 220 Å². The molecule has 3 fully saturated rings. The molecular weight excluding hydrogens is 974 g/mol. The number of cyclic esters (lactones) is 1. The number of methoxy groups -OCH3 is 3. The zero-order valence-electron chi connectivity index (χ0n) is 46.4. The third-order valence-corrected chi connectivity index (χ3v) is 16.8. The normalized spacial score (nSPS) is 37.8. The number of amides is 1. The minimum atomic E-state index is -3.44. The molecule has 4 aliphatic rings. The molecule has 3 aliphatic heterocycles. The average molecular weight is 1060 g/mol. The van der Waals surface area contributed by atoms with Crippen LogP contribution in [0.4, 0.5) is 0 Å². The Bertz CT molecular complexity index is 2040. The molecule has 0 aromatic carbocycles. The molecule has 2 saturated heterocycles. The van der Waals surface area contributed by atoms with Crippen LogP contribution in [0.5, 0.6) is 0 Å². The first-order valence-electron chi connectivity index (χ1n) is 27.0. The number of nitrogens with zero attached hydrogens (tertiary/aromatic N) is 1. The molecule has 0 aromatic rings. The summed E-state index contributed by atoms with van der Waals surface area (Å²) in [6.45, 7) is 16.9. The van der Waals surface area contributed by atoms with Crippen molar-refractivity contribution in [3.05, 3.63) is 47.6 Å². The van der Waals surface area contributed by atoms with Gasteiger partial charge < -0.3 is 52.6 Å². The minimum Gasteiger partial charge on any atom is -0.460 e. The zero-order valence-corrected chi connectivity index (χ0v) is 47.3. The maximum atomic E-state index is 14.6. The summed E-state index contributed by atoms with van der Waals surface area (Å²) < 4.78 is 60.0. The molecule has 420 valence electrons. The number of hydrogen-bond donors (Lipinski definition) is 2. The molecular formula is C56H90NO16P. The van der Waals surface area contributed by atoms with Gasteiger partial charge in [0, 0.05) is 71.7 Å². The second-order valence-electron chi connectivity index (χ2n) is 21.5. The van der Waals surface area contributed by atoms with E-state index in [1.165, 1.54) is 18.7 Å². The molecule has 2 bridgehead atoms. The van der Waals surface area contributed by atoms with Crippen LogP contribution in [0.2, 0.25) is 0 Å². The standard InChI is InChI=1S/C56H90NO16P/c1-13-69-27-28-70-74(12,65)73-46-25-23-42(32-49(46)67-10)31-38(5)48-34-45(58)37(4)30-40(7)51(60)52(68-11)50(59)39(6)29-35(2)19-15-14-16-20-36(3)47(66-9)33-43-24-22-41(8)56(64,72-43)53(61)54(62)57-26-18-17-21-44(57)55(63)71-48/h14-16,19-20,30,35,37-39,41-44,46-49,51-52,60,64H,13,17-18,21-29,31-34H2,1-12H3/b16-14+,19-15+,36-20+,40-30+/t35-,37-,38-,39-,41-,42+,43+,44+,46-,47+,48?,49-,51-,52+,56-,74?/m1/s1. The van der Waals surface area contributed by atoms with Crippen molar-refractivity contribution in [2.24, 2.45) is 35.5 Å². The fraction of sp³-hybridized carbons (Fsp3) is 0.768. The molecule has 2 N–H and O–H groups in total. The van der Waals surface area contributed by atoms with Crippen LogP contribution in [0.3, 0.4) is 0 Å². The fourth-order valence-corrected chi connectivity index (χ4v) is 12.1. The lowest BCUT2D eigenvalue weighted by Gasteiger charge is -2.42. The second-order valence-corrected chi connectivity index (χ2v) is 23.5. The van der Waals surface area contributed by atoms with Crippen molar-refractivity contribution in [3.8, 4) is 0 Å². The number of allylic oxidation sites excluding steroid dienone is 6. The molecule has 0 aromatic heterocycles. The number of carbonyl (C=O) groups excluding carboxylic acids is 5. The highest BCUT2D eigenvalue weighted by Gasteiger charge is 2.53. The number of ether oxygens (including phenoxy) is 6. The first kappa shape index (κ1) is 63.3. The van der Waals surface area contributed by atoms with E-state index in [4.69, 9.17) is 37.5 Å². The average Bonchev–Trinajstić information content (AvgIpc) is 3.36. The second kappa shape index (κ2) is 30.1. The Balaban J connectivity index is 1.67.